The van der Waals surface area contributed by atoms with Crippen molar-refractivity contribution in [1.29, 1.82) is 0 Å². The molecule has 0 fully saturated rings. The van der Waals surface area contributed by atoms with Crippen LogP contribution in [-0.4, -0.2) is 38.8 Å². The van der Waals surface area contributed by atoms with E-state index in [0.717, 1.165) is 35.9 Å². The minimum atomic E-state index is -3.71. The van der Waals surface area contributed by atoms with E-state index in [1.165, 1.54) is 7.11 Å². The van der Waals surface area contributed by atoms with Gasteiger partial charge in [-0.3, -0.25) is 0 Å². The molecule has 7 nitrogen and oxygen atoms in total. The predicted octanol–water partition coefficient (Wildman–Crippen LogP) is 4.43. The molecule has 0 heterocycles. The van der Waals surface area contributed by atoms with Gasteiger partial charge in [0.25, 0.3) is 0 Å². The third kappa shape index (κ3) is 6.38. The van der Waals surface area contributed by atoms with E-state index in [-0.39, 0.29) is 17.8 Å². The van der Waals surface area contributed by atoms with Crippen LogP contribution >= 0.6 is 0 Å². The van der Waals surface area contributed by atoms with Gasteiger partial charge in [0.15, 0.2) is 11.5 Å². The zero-order valence-electron chi connectivity index (χ0n) is 18.1. The first-order chi connectivity index (χ1) is 14.2. The molecule has 1 N–H and O–H groups in total. The number of ether oxygens (including phenoxy) is 1. The van der Waals surface area contributed by atoms with Gasteiger partial charge in [0, 0.05) is 18.3 Å². The third-order valence-electron chi connectivity index (χ3n) is 4.85. The standard InChI is InChI=1S/C22H30N2O5S/c1-6-16(3)24(22(25)23-19-11-9-8-10-18(19)7-2)15-17-12-13-20(28-4)21(14-17)29-30(5,26)27/h8-14,16H,6-7,15H2,1-5H3,(H,23,25). The maximum atomic E-state index is 13.1. The van der Waals surface area contributed by atoms with Gasteiger partial charge in [0.05, 0.1) is 13.4 Å². The lowest BCUT2D eigenvalue weighted by Gasteiger charge is -2.29. The number of aryl methyl sites for hydroxylation is 1. The molecule has 0 aromatic heterocycles. The fraction of sp³-hybridized carbons (Fsp3) is 0.409. The quantitative estimate of drug-likeness (QED) is 0.590. The molecular formula is C22H30N2O5S. The van der Waals surface area contributed by atoms with E-state index in [1.807, 2.05) is 45.0 Å². The number of hydrogen-bond acceptors (Lipinski definition) is 5. The highest BCUT2D eigenvalue weighted by atomic mass is 32.2. The van der Waals surface area contributed by atoms with Gasteiger partial charge in [-0.1, -0.05) is 38.1 Å². The number of para-hydroxylation sites is 1. The van der Waals surface area contributed by atoms with E-state index in [1.54, 1.807) is 23.1 Å². The van der Waals surface area contributed by atoms with E-state index >= 15 is 0 Å². The van der Waals surface area contributed by atoms with Crippen LogP contribution in [0.2, 0.25) is 0 Å². The van der Waals surface area contributed by atoms with Crippen LogP contribution in [0.4, 0.5) is 10.5 Å². The Morgan fingerprint density at radius 3 is 2.43 bits per heavy atom. The number of hydrogen-bond donors (Lipinski definition) is 1. The summed E-state index contributed by atoms with van der Waals surface area (Å²) in [6, 6.07) is 12.5. The fourth-order valence-corrected chi connectivity index (χ4v) is 3.49. The Hall–Kier alpha value is -2.74. The van der Waals surface area contributed by atoms with Crippen molar-refractivity contribution in [2.24, 2.45) is 0 Å². The van der Waals surface area contributed by atoms with Crippen molar-refractivity contribution in [3.8, 4) is 11.5 Å². The number of methoxy groups -OCH3 is 1. The first-order valence-electron chi connectivity index (χ1n) is 9.90. The van der Waals surface area contributed by atoms with Gasteiger partial charge in [-0.2, -0.15) is 8.42 Å². The smallest absolute Gasteiger partial charge is 0.322 e. The molecule has 0 aliphatic carbocycles. The molecule has 0 aliphatic heterocycles. The molecular weight excluding hydrogens is 404 g/mol. The lowest BCUT2D eigenvalue weighted by Crippen LogP contribution is -2.40. The number of rotatable bonds is 9. The van der Waals surface area contributed by atoms with E-state index in [0.29, 0.717) is 12.3 Å². The number of nitrogens with zero attached hydrogens (tertiary/aromatic N) is 1. The normalized spacial score (nSPS) is 12.2. The molecule has 8 heteroatoms. The number of carbonyl (C=O) groups excluding carboxylic acids is 1. The summed E-state index contributed by atoms with van der Waals surface area (Å²) < 4.78 is 33.4. The Bertz CT molecular complexity index is 975. The van der Waals surface area contributed by atoms with E-state index in [2.05, 4.69) is 5.32 Å². The fourth-order valence-electron chi connectivity index (χ4n) is 3.03. The van der Waals surface area contributed by atoms with Gasteiger partial charge in [-0.25, -0.2) is 4.79 Å². The second-order valence-corrected chi connectivity index (χ2v) is 8.67. The lowest BCUT2D eigenvalue weighted by atomic mass is 10.1. The van der Waals surface area contributed by atoms with Crippen LogP contribution in [0.1, 0.15) is 38.3 Å². The molecule has 0 aliphatic rings. The Kier molecular flexibility index (Phi) is 8.11. The van der Waals surface area contributed by atoms with Crippen LogP contribution in [0.25, 0.3) is 0 Å². The first kappa shape index (κ1) is 23.5. The summed E-state index contributed by atoms with van der Waals surface area (Å²) in [6.45, 7) is 6.32. The van der Waals surface area contributed by atoms with Gasteiger partial charge in [-0.05, 0) is 49.1 Å². The summed E-state index contributed by atoms with van der Waals surface area (Å²) in [7, 11) is -2.27. The molecule has 164 valence electrons. The summed E-state index contributed by atoms with van der Waals surface area (Å²) in [4.78, 5) is 14.8. The Morgan fingerprint density at radius 1 is 1.13 bits per heavy atom. The van der Waals surface area contributed by atoms with Crippen LogP contribution in [-0.2, 0) is 23.1 Å². The number of benzene rings is 2. The van der Waals surface area contributed by atoms with Gasteiger partial charge < -0.3 is 19.1 Å². The molecule has 30 heavy (non-hydrogen) atoms. The molecule has 0 saturated carbocycles. The molecule has 2 amide bonds. The molecule has 0 bridgehead atoms. The van der Waals surface area contributed by atoms with E-state index in [9.17, 15) is 13.2 Å². The van der Waals surface area contributed by atoms with Crippen molar-refractivity contribution in [2.75, 3.05) is 18.7 Å². The zero-order chi connectivity index (χ0) is 22.3. The lowest BCUT2D eigenvalue weighted by molar-refractivity contribution is 0.187. The summed E-state index contributed by atoms with van der Waals surface area (Å²) in [5, 5.41) is 3.01. The van der Waals surface area contributed by atoms with Crippen LogP contribution in [0.5, 0.6) is 11.5 Å². The molecule has 0 spiro atoms. The molecule has 1 unspecified atom stereocenters. The zero-order valence-corrected chi connectivity index (χ0v) is 19.0. The maximum Gasteiger partial charge on any atom is 0.322 e. The number of amides is 2. The van der Waals surface area contributed by atoms with E-state index < -0.39 is 10.1 Å². The van der Waals surface area contributed by atoms with Crippen LogP contribution in [0.3, 0.4) is 0 Å². The highest BCUT2D eigenvalue weighted by Gasteiger charge is 2.21. The summed E-state index contributed by atoms with van der Waals surface area (Å²) in [5.74, 6) is 0.402. The van der Waals surface area contributed by atoms with Crippen molar-refractivity contribution in [3.63, 3.8) is 0 Å². The molecule has 0 saturated heterocycles. The van der Waals surface area contributed by atoms with Crippen molar-refractivity contribution >= 4 is 21.8 Å². The monoisotopic (exact) mass is 434 g/mol. The van der Waals surface area contributed by atoms with Gasteiger partial charge in [0.2, 0.25) is 0 Å². The van der Waals surface area contributed by atoms with Crippen LogP contribution < -0.4 is 14.2 Å². The van der Waals surface area contributed by atoms with E-state index in [4.69, 9.17) is 8.92 Å². The topological polar surface area (TPSA) is 84.9 Å². The summed E-state index contributed by atoms with van der Waals surface area (Å²) in [6.07, 6.45) is 2.55. The maximum absolute atomic E-state index is 13.1. The Balaban J connectivity index is 2.30. The Morgan fingerprint density at radius 2 is 1.83 bits per heavy atom. The van der Waals surface area contributed by atoms with Crippen LogP contribution in [0, 0.1) is 0 Å². The summed E-state index contributed by atoms with van der Waals surface area (Å²) >= 11 is 0. The molecule has 2 rings (SSSR count). The second-order valence-electron chi connectivity index (χ2n) is 7.10. The minimum absolute atomic E-state index is 0.0276. The molecule has 2 aromatic rings. The average molecular weight is 435 g/mol. The highest BCUT2D eigenvalue weighted by molar-refractivity contribution is 7.86. The van der Waals surface area contributed by atoms with Gasteiger partial charge in [-0.15, -0.1) is 0 Å². The second kappa shape index (κ2) is 10.3. The van der Waals surface area contributed by atoms with Crippen molar-refractivity contribution in [1.82, 2.24) is 4.90 Å². The van der Waals surface area contributed by atoms with Crippen molar-refractivity contribution in [2.45, 2.75) is 46.2 Å². The minimum Gasteiger partial charge on any atom is -0.493 e. The van der Waals surface area contributed by atoms with Crippen molar-refractivity contribution < 1.29 is 22.1 Å². The first-order valence-corrected chi connectivity index (χ1v) is 11.7. The Labute approximate surface area is 179 Å². The number of carbonyl (C=O) groups is 1. The molecule has 1 atom stereocenters. The predicted molar refractivity (Wildman–Crippen MR) is 119 cm³/mol. The van der Waals surface area contributed by atoms with Crippen LogP contribution in [0.15, 0.2) is 42.5 Å². The highest BCUT2D eigenvalue weighted by Crippen LogP contribution is 2.30. The number of urea groups is 1. The SMILES string of the molecule is CCc1ccccc1NC(=O)N(Cc1ccc(OC)c(OS(C)(=O)=O)c1)C(C)CC. The third-order valence-corrected chi connectivity index (χ3v) is 5.33. The molecule has 0 radical (unpaired) electrons. The molecule has 2 aromatic carbocycles. The summed E-state index contributed by atoms with van der Waals surface area (Å²) in [5.41, 5.74) is 2.58. The largest absolute Gasteiger partial charge is 0.493 e. The average Bonchev–Trinajstić information content (AvgIpc) is 2.70. The number of anilines is 1. The van der Waals surface area contributed by atoms with Crippen molar-refractivity contribution in [3.05, 3.63) is 53.6 Å². The number of nitrogens with one attached hydrogen (secondary N) is 1. The van der Waals surface area contributed by atoms with Gasteiger partial charge >= 0.3 is 16.1 Å². The van der Waals surface area contributed by atoms with Gasteiger partial charge in [0.1, 0.15) is 0 Å².